The summed E-state index contributed by atoms with van der Waals surface area (Å²) in [6, 6.07) is 18.8. The van der Waals surface area contributed by atoms with Crippen LogP contribution in [0.5, 0.6) is 6.01 Å². The van der Waals surface area contributed by atoms with Crippen LogP contribution in [-0.4, -0.2) is 56.7 Å². The molecular weight excluding hydrogens is 585 g/mol. The van der Waals surface area contributed by atoms with E-state index in [4.69, 9.17) is 9.15 Å². The molecule has 1 amide bonds. The van der Waals surface area contributed by atoms with Gasteiger partial charge in [-0.2, -0.15) is 9.97 Å². The number of fused-ring (bicyclic) bond motifs is 2. The highest BCUT2D eigenvalue weighted by Gasteiger charge is 2.27. The molecule has 0 fully saturated rings. The molecule has 0 aliphatic carbocycles. The highest BCUT2D eigenvalue weighted by Crippen LogP contribution is 2.42. The average Bonchev–Trinajstić information content (AvgIpc) is 3.62. The van der Waals surface area contributed by atoms with Gasteiger partial charge in [0.15, 0.2) is 0 Å². The van der Waals surface area contributed by atoms with Crippen LogP contribution in [0.25, 0.3) is 55.8 Å². The van der Waals surface area contributed by atoms with Gasteiger partial charge in [-0.25, -0.2) is 12.8 Å². The van der Waals surface area contributed by atoms with Crippen molar-refractivity contribution >= 4 is 43.5 Å². The molecule has 6 aromatic rings. The Bertz CT molecular complexity index is 2190. The number of aromatic nitrogens is 3. The zero-order valence-electron chi connectivity index (χ0n) is 24.5. The van der Waals surface area contributed by atoms with E-state index in [1.807, 2.05) is 31.2 Å². The lowest BCUT2D eigenvalue weighted by molar-refractivity contribution is 0.0964. The zero-order chi connectivity index (χ0) is 31.3. The third-order valence-electron chi connectivity index (χ3n) is 7.46. The van der Waals surface area contributed by atoms with Gasteiger partial charge in [-0.1, -0.05) is 35.9 Å². The SMILES string of the molecule is CNC(=O)c1c(-c2ccc(C)cc2)oc2cc(N(C)S(C)(=O)=O)c(-c3cc(-c4cc5c(F)cccc5[nH]4)nc(OC)n3)cc12. The standard InChI is InChI=1S/C32H28FN5O5S/c1-17-9-11-18(12-10-17)30-29(31(39)34-2)21-13-20(27(16-28(21)43-30)38(3)44(5,40)41)24-15-26(37-32(36-24)42-4)25-14-19-22(33)7-6-8-23(19)35-25/h6-16,35H,1-5H3,(H,34,39). The van der Waals surface area contributed by atoms with E-state index in [1.54, 1.807) is 36.4 Å². The van der Waals surface area contributed by atoms with Gasteiger partial charge in [0.05, 0.1) is 41.7 Å². The Balaban J connectivity index is 1.65. The lowest BCUT2D eigenvalue weighted by Gasteiger charge is -2.20. The Morgan fingerprint density at radius 3 is 2.41 bits per heavy atom. The van der Waals surface area contributed by atoms with Gasteiger partial charge in [0.1, 0.15) is 17.2 Å². The average molecular weight is 614 g/mol. The smallest absolute Gasteiger partial charge is 0.317 e. The number of ether oxygens (including phenoxy) is 1. The maximum absolute atomic E-state index is 14.5. The van der Waals surface area contributed by atoms with Crippen molar-refractivity contribution in [3.05, 3.63) is 83.7 Å². The third-order valence-corrected chi connectivity index (χ3v) is 8.65. The summed E-state index contributed by atoms with van der Waals surface area (Å²) in [5.41, 5.74) is 4.71. The number of hydrogen-bond acceptors (Lipinski definition) is 7. The number of carbonyl (C=O) groups excluding carboxylic acids is 1. The molecular formula is C32H28FN5O5S. The summed E-state index contributed by atoms with van der Waals surface area (Å²) in [6.45, 7) is 1.96. The van der Waals surface area contributed by atoms with Crippen LogP contribution in [0.2, 0.25) is 0 Å². The molecule has 44 heavy (non-hydrogen) atoms. The number of furan rings is 1. The minimum absolute atomic E-state index is 0.00347. The number of amides is 1. The first-order chi connectivity index (χ1) is 21.0. The topological polar surface area (TPSA) is 130 Å². The quantitative estimate of drug-likeness (QED) is 0.229. The van der Waals surface area contributed by atoms with Crippen molar-refractivity contribution in [2.45, 2.75) is 6.92 Å². The minimum Gasteiger partial charge on any atom is -0.467 e. The Morgan fingerprint density at radius 1 is 1.02 bits per heavy atom. The molecule has 0 bridgehead atoms. The van der Waals surface area contributed by atoms with Crippen LogP contribution in [0, 0.1) is 12.7 Å². The highest BCUT2D eigenvalue weighted by molar-refractivity contribution is 7.92. The Hall–Kier alpha value is -5.23. The summed E-state index contributed by atoms with van der Waals surface area (Å²) in [5, 5.41) is 3.52. The highest BCUT2D eigenvalue weighted by atomic mass is 32.2. The predicted molar refractivity (Wildman–Crippen MR) is 168 cm³/mol. The number of H-pyrrole nitrogens is 1. The van der Waals surface area contributed by atoms with Crippen LogP contribution in [0.4, 0.5) is 10.1 Å². The van der Waals surface area contributed by atoms with Crippen LogP contribution in [0.1, 0.15) is 15.9 Å². The molecule has 0 aliphatic heterocycles. The molecule has 3 aromatic carbocycles. The second kappa shape index (κ2) is 10.8. The van der Waals surface area contributed by atoms with Crippen molar-refractivity contribution < 1.29 is 26.8 Å². The summed E-state index contributed by atoms with van der Waals surface area (Å²) in [4.78, 5) is 25.5. The number of carbonyl (C=O) groups is 1. The van der Waals surface area contributed by atoms with E-state index in [-0.39, 0.29) is 29.0 Å². The van der Waals surface area contributed by atoms with Crippen LogP contribution >= 0.6 is 0 Å². The number of benzene rings is 3. The number of aryl methyl sites for hydroxylation is 1. The van der Waals surface area contributed by atoms with Crippen molar-refractivity contribution in [2.24, 2.45) is 0 Å². The molecule has 224 valence electrons. The van der Waals surface area contributed by atoms with Crippen molar-refractivity contribution in [3.63, 3.8) is 0 Å². The number of sulfonamides is 1. The molecule has 0 unspecified atom stereocenters. The maximum Gasteiger partial charge on any atom is 0.317 e. The van der Waals surface area contributed by atoms with Crippen molar-refractivity contribution in [1.29, 1.82) is 0 Å². The van der Waals surface area contributed by atoms with Crippen LogP contribution < -0.4 is 14.4 Å². The Labute approximate surface area is 252 Å². The van der Waals surface area contributed by atoms with Gasteiger partial charge in [-0.15, -0.1) is 0 Å². The van der Waals surface area contributed by atoms with Crippen molar-refractivity contribution in [1.82, 2.24) is 20.3 Å². The lowest BCUT2D eigenvalue weighted by Crippen LogP contribution is -2.25. The van der Waals surface area contributed by atoms with Crippen LogP contribution in [-0.2, 0) is 10.0 Å². The predicted octanol–water partition coefficient (Wildman–Crippen LogP) is 5.92. The first-order valence-electron chi connectivity index (χ1n) is 13.5. The van der Waals surface area contributed by atoms with E-state index < -0.39 is 10.0 Å². The lowest BCUT2D eigenvalue weighted by atomic mass is 10.00. The number of anilines is 1. The largest absolute Gasteiger partial charge is 0.467 e. The normalized spacial score (nSPS) is 11.7. The molecule has 12 heteroatoms. The van der Waals surface area contributed by atoms with Crippen LogP contribution in [0.3, 0.4) is 0 Å². The van der Waals surface area contributed by atoms with E-state index in [9.17, 15) is 17.6 Å². The number of rotatable bonds is 7. The molecule has 3 aromatic heterocycles. The van der Waals surface area contributed by atoms with Crippen molar-refractivity contribution in [3.8, 4) is 40.0 Å². The molecule has 0 saturated heterocycles. The summed E-state index contributed by atoms with van der Waals surface area (Å²) in [5.74, 6) is -0.430. The van der Waals surface area contributed by atoms with Gasteiger partial charge in [0.2, 0.25) is 10.0 Å². The number of methoxy groups -OCH3 is 1. The first-order valence-corrected chi connectivity index (χ1v) is 15.4. The molecule has 6 rings (SSSR count). The van der Waals surface area contributed by atoms with Gasteiger partial charge < -0.3 is 19.5 Å². The molecule has 2 N–H and O–H groups in total. The zero-order valence-corrected chi connectivity index (χ0v) is 25.3. The first kappa shape index (κ1) is 28.9. The summed E-state index contributed by atoms with van der Waals surface area (Å²) >= 11 is 0. The van der Waals surface area contributed by atoms with E-state index in [0.717, 1.165) is 16.1 Å². The van der Waals surface area contributed by atoms with Gasteiger partial charge in [-0.05, 0) is 37.3 Å². The fourth-order valence-corrected chi connectivity index (χ4v) is 5.59. The van der Waals surface area contributed by atoms with Crippen molar-refractivity contribution in [2.75, 3.05) is 31.8 Å². The number of nitrogens with one attached hydrogen (secondary N) is 2. The second-order valence-corrected chi connectivity index (χ2v) is 12.4. The maximum atomic E-state index is 14.5. The third kappa shape index (κ3) is 5.02. The van der Waals surface area contributed by atoms with E-state index in [1.165, 1.54) is 27.3 Å². The van der Waals surface area contributed by atoms with E-state index >= 15 is 0 Å². The fraction of sp³-hybridized carbons (Fsp3) is 0.156. The van der Waals surface area contributed by atoms with E-state index in [0.29, 0.717) is 55.8 Å². The molecule has 0 radical (unpaired) electrons. The van der Waals surface area contributed by atoms with Gasteiger partial charge in [0, 0.05) is 47.6 Å². The monoisotopic (exact) mass is 613 g/mol. The minimum atomic E-state index is -3.75. The molecule has 0 atom stereocenters. The Morgan fingerprint density at radius 2 is 1.75 bits per heavy atom. The molecule has 0 spiro atoms. The molecule has 3 heterocycles. The summed E-state index contributed by atoms with van der Waals surface area (Å²) < 4.78 is 52.9. The van der Waals surface area contributed by atoms with E-state index in [2.05, 4.69) is 20.3 Å². The summed E-state index contributed by atoms with van der Waals surface area (Å²) in [7, 11) is 0.610. The molecule has 0 saturated carbocycles. The van der Waals surface area contributed by atoms with Gasteiger partial charge >= 0.3 is 6.01 Å². The van der Waals surface area contributed by atoms with Gasteiger partial charge in [0.25, 0.3) is 5.91 Å². The Kier molecular flexibility index (Phi) is 7.08. The fourth-order valence-electron chi connectivity index (χ4n) is 5.08. The number of aromatic amines is 1. The van der Waals surface area contributed by atoms with Crippen LogP contribution in [0.15, 0.2) is 71.1 Å². The second-order valence-electron chi connectivity index (χ2n) is 10.4. The molecule has 0 aliphatic rings. The molecule has 10 nitrogen and oxygen atoms in total. The number of nitrogens with zero attached hydrogens (tertiary/aromatic N) is 3. The number of hydrogen-bond donors (Lipinski definition) is 2. The number of halogens is 1. The van der Waals surface area contributed by atoms with Gasteiger partial charge in [-0.3, -0.25) is 9.10 Å². The summed E-state index contributed by atoms with van der Waals surface area (Å²) in [6.07, 6.45) is 1.09.